The standard InChI is InChI=1S/C12H23NO2/c1-9(2)10-6-4-5-7-12(10,13)8-11(14)15-3/h9-10H,4-8,13H2,1-3H3. The third-order valence-electron chi connectivity index (χ3n) is 3.65. The Labute approximate surface area is 92.4 Å². The van der Waals surface area contributed by atoms with Gasteiger partial charge in [-0.1, -0.05) is 26.7 Å². The lowest BCUT2D eigenvalue weighted by Gasteiger charge is -2.43. The molecular weight excluding hydrogens is 190 g/mol. The zero-order valence-electron chi connectivity index (χ0n) is 10.1. The molecule has 2 atom stereocenters. The molecule has 1 fully saturated rings. The Morgan fingerprint density at radius 3 is 2.73 bits per heavy atom. The van der Waals surface area contributed by atoms with Crippen molar-refractivity contribution in [3.63, 3.8) is 0 Å². The summed E-state index contributed by atoms with van der Waals surface area (Å²) < 4.78 is 4.73. The average Bonchev–Trinajstić information content (AvgIpc) is 2.17. The first-order chi connectivity index (χ1) is 6.99. The van der Waals surface area contributed by atoms with Crippen molar-refractivity contribution in [2.45, 2.75) is 51.5 Å². The van der Waals surface area contributed by atoms with Gasteiger partial charge in [-0.3, -0.25) is 4.79 Å². The van der Waals surface area contributed by atoms with Crippen molar-refractivity contribution in [3.8, 4) is 0 Å². The molecule has 0 aromatic rings. The molecule has 1 aliphatic carbocycles. The summed E-state index contributed by atoms with van der Waals surface area (Å²) in [5.41, 5.74) is 6.05. The van der Waals surface area contributed by atoms with Gasteiger partial charge >= 0.3 is 5.97 Å². The van der Waals surface area contributed by atoms with Gasteiger partial charge in [0.2, 0.25) is 0 Å². The van der Waals surface area contributed by atoms with Crippen LogP contribution in [0.5, 0.6) is 0 Å². The number of hydrogen-bond acceptors (Lipinski definition) is 3. The van der Waals surface area contributed by atoms with Crippen molar-refractivity contribution in [2.75, 3.05) is 7.11 Å². The van der Waals surface area contributed by atoms with Gasteiger partial charge in [0.25, 0.3) is 0 Å². The van der Waals surface area contributed by atoms with Crippen LogP contribution in [0, 0.1) is 11.8 Å². The Morgan fingerprint density at radius 1 is 1.53 bits per heavy atom. The highest BCUT2D eigenvalue weighted by molar-refractivity contribution is 5.70. The van der Waals surface area contributed by atoms with E-state index in [1.807, 2.05) is 0 Å². The minimum absolute atomic E-state index is 0.176. The molecule has 1 rings (SSSR count). The lowest BCUT2D eigenvalue weighted by molar-refractivity contribution is -0.143. The second kappa shape index (κ2) is 4.97. The quantitative estimate of drug-likeness (QED) is 0.730. The van der Waals surface area contributed by atoms with Crippen molar-refractivity contribution < 1.29 is 9.53 Å². The molecule has 0 radical (unpaired) electrons. The van der Waals surface area contributed by atoms with Crippen LogP contribution in [0.4, 0.5) is 0 Å². The smallest absolute Gasteiger partial charge is 0.307 e. The molecule has 1 aliphatic rings. The SMILES string of the molecule is COC(=O)CC1(N)CCCCC1C(C)C. The molecule has 2 unspecified atom stereocenters. The van der Waals surface area contributed by atoms with Crippen molar-refractivity contribution in [3.05, 3.63) is 0 Å². The Kier molecular flexibility index (Phi) is 4.14. The lowest BCUT2D eigenvalue weighted by Crippen LogP contribution is -2.52. The van der Waals surface area contributed by atoms with Crippen LogP contribution in [0.15, 0.2) is 0 Å². The Balaban J connectivity index is 2.71. The molecule has 2 N–H and O–H groups in total. The third kappa shape index (κ3) is 2.94. The second-order valence-corrected chi connectivity index (χ2v) is 5.08. The van der Waals surface area contributed by atoms with Crippen LogP contribution >= 0.6 is 0 Å². The van der Waals surface area contributed by atoms with Gasteiger partial charge in [-0.15, -0.1) is 0 Å². The highest BCUT2D eigenvalue weighted by atomic mass is 16.5. The van der Waals surface area contributed by atoms with E-state index in [2.05, 4.69) is 13.8 Å². The Hall–Kier alpha value is -0.570. The van der Waals surface area contributed by atoms with Gasteiger partial charge in [0.1, 0.15) is 0 Å². The lowest BCUT2D eigenvalue weighted by atomic mass is 9.67. The third-order valence-corrected chi connectivity index (χ3v) is 3.65. The Bertz CT molecular complexity index is 228. The zero-order chi connectivity index (χ0) is 11.5. The monoisotopic (exact) mass is 213 g/mol. The van der Waals surface area contributed by atoms with Gasteiger partial charge < -0.3 is 10.5 Å². The van der Waals surface area contributed by atoms with Crippen LogP contribution in [0.3, 0.4) is 0 Å². The van der Waals surface area contributed by atoms with Crippen molar-refractivity contribution in [2.24, 2.45) is 17.6 Å². The fourth-order valence-electron chi connectivity index (χ4n) is 2.85. The number of hydrogen-bond donors (Lipinski definition) is 1. The van der Waals surface area contributed by atoms with Crippen LogP contribution in [0.2, 0.25) is 0 Å². The minimum atomic E-state index is -0.334. The van der Waals surface area contributed by atoms with Crippen LogP contribution in [-0.4, -0.2) is 18.6 Å². The summed E-state index contributed by atoms with van der Waals surface area (Å²) in [7, 11) is 1.43. The van der Waals surface area contributed by atoms with E-state index < -0.39 is 0 Å². The first kappa shape index (κ1) is 12.5. The molecule has 3 nitrogen and oxygen atoms in total. The summed E-state index contributed by atoms with van der Waals surface area (Å²) in [5.74, 6) is 0.815. The summed E-state index contributed by atoms with van der Waals surface area (Å²) in [4.78, 5) is 11.4. The molecule has 1 saturated carbocycles. The van der Waals surface area contributed by atoms with Gasteiger partial charge in [0.15, 0.2) is 0 Å². The fraction of sp³-hybridized carbons (Fsp3) is 0.917. The molecule has 0 spiro atoms. The molecule has 3 heteroatoms. The normalized spacial score (nSPS) is 31.7. The number of esters is 1. The van der Waals surface area contributed by atoms with Crippen LogP contribution in [0.1, 0.15) is 46.0 Å². The minimum Gasteiger partial charge on any atom is -0.469 e. The first-order valence-electron chi connectivity index (χ1n) is 5.85. The number of carbonyl (C=O) groups is 1. The summed E-state index contributed by atoms with van der Waals surface area (Å²) in [5, 5.41) is 0. The number of rotatable bonds is 3. The average molecular weight is 213 g/mol. The molecule has 0 amide bonds. The highest BCUT2D eigenvalue weighted by Gasteiger charge is 2.40. The molecule has 0 aromatic carbocycles. The zero-order valence-corrected chi connectivity index (χ0v) is 10.1. The topological polar surface area (TPSA) is 52.3 Å². The van der Waals surface area contributed by atoms with Gasteiger partial charge in [-0.2, -0.15) is 0 Å². The first-order valence-corrected chi connectivity index (χ1v) is 5.85. The molecule has 88 valence electrons. The van der Waals surface area contributed by atoms with Gasteiger partial charge in [-0.25, -0.2) is 0 Å². The largest absolute Gasteiger partial charge is 0.469 e. The van der Waals surface area contributed by atoms with E-state index in [1.54, 1.807) is 0 Å². The van der Waals surface area contributed by atoms with E-state index in [0.717, 1.165) is 19.3 Å². The maximum atomic E-state index is 11.4. The number of carbonyl (C=O) groups excluding carboxylic acids is 1. The molecule has 0 aliphatic heterocycles. The molecule has 0 aromatic heterocycles. The van der Waals surface area contributed by atoms with Crippen molar-refractivity contribution >= 4 is 5.97 Å². The van der Waals surface area contributed by atoms with Gasteiger partial charge in [0.05, 0.1) is 13.5 Å². The van der Waals surface area contributed by atoms with Crippen molar-refractivity contribution in [1.29, 1.82) is 0 Å². The van der Waals surface area contributed by atoms with Crippen LogP contribution in [0.25, 0.3) is 0 Å². The van der Waals surface area contributed by atoms with E-state index >= 15 is 0 Å². The van der Waals surface area contributed by atoms with E-state index in [-0.39, 0.29) is 11.5 Å². The summed E-state index contributed by atoms with van der Waals surface area (Å²) >= 11 is 0. The van der Waals surface area contributed by atoms with Crippen LogP contribution < -0.4 is 5.73 Å². The fourth-order valence-corrected chi connectivity index (χ4v) is 2.85. The molecule has 0 saturated heterocycles. The van der Waals surface area contributed by atoms with E-state index in [4.69, 9.17) is 10.5 Å². The predicted octanol–water partition coefficient (Wildman–Crippen LogP) is 2.09. The summed E-state index contributed by atoms with van der Waals surface area (Å²) in [6.45, 7) is 4.38. The number of ether oxygens (including phenoxy) is 1. The van der Waals surface area contributed by atoms with E-state index in [1.165, 1.54) is 13.5 Å². The summed E-state index contributed by atoms with van der Waals surface area (Å²) in [6.07, 6.45) is 4.84. The Morgan fingerprint density at radius 2 is 2.20 bits per heavy atom. The molecule has 0 heterocycles. The van der Waals surface area contributed by atoms with Crippen molar-refractivity contribution in [1.82, 2.24) is 0 Å². The van der Waals surface area contributed by atoms with E-state index in [0.29, 0.717) is 18.3 Å². The predicted molar refractivity (Wildman–Crippen MR) is 60.3 cm³/mol. The molecular formula is C12H23NO2. The molecule has 15 heavy (non-hydrogen) atoms. The van der Waals surface area contributed by atoms with E-state index in [9.17, 15) is 4.79 Å². The summed E-state index contributed by atoms with van der Waals surface area (Å²) in [6, 6.07) is 0. The van der Waals surface area contributed by atoms with Gasteiger partial charge in [-0.05, 0) is 24.7 Å². The van der Waals surface area contributed by atoms with Gasteiger partial charge in [0, 0.05) is 5.54 Å². The maximum Gasteiger partial charge on any atom is 0.307 e. The maximum absolute atomic E-state index is 11.4. The number of methoxy groups -OCH3 is 1. The highest BCUT2D eigenvalue weighted by Crippen LogP contribution is 2.38. The number of nitrogens with two attached hydrogens (primary N) is 1. The molecule has 0 bridgehead atoms. The van der Waals surface area contributed by atoms with Crippen LogP contribution in [-0.2, 0) is 9.53 Å². The second-order valence-electron chi connectivity index (χ2n) is 5.08.